The van der Waals surface area contributed by atoms with Crippen molar-refractivity contribution in [2.24, 2.45) is 17.8 Å². The van der Waals surface area contributed by atoms with Gasteiger partial charge in [-0.15, -0.1) is 13.2 Å². The van der Waals surface area contributed by atoms with Gasteiger partial charge in [0.25, 0.3) is 0 Å². The number of rotatable bonds is 13. The fraction of sp³-hybridized carbons (Fsp3) is 0.594. The van der Waals surface area contributed by atoms with Crippen LogP contribution in [0.4, 0.5) is 0 Å². The Labute approximate surface area is 238 Å². The van der Waals surface area contributed by atoms with Crippen LogP contribution >= 0.6 is 0 Å². The Kier molecular flexibility index (Phi) is 8.90. The monoisotopic (exact) mass is 552 g/mol. The number of ether oxygens (including phenoxy) is 2. The lowest BCUT2D eigenvalue weighted by Crippen LogP contribution is -2.58. The summed E-state index contributed by atoms with van der Waals surface area (Å²) in [5, 5.41) is 10.7. The highest BCUT2D eigenvalue weighted by atomic mass is 16.6. The molecule has 1 aromatic carbocycles. The zero-order chi connectivity index (χ0) is 29.2. The van der Waals surface area contributed by atoms with Crippen LogP contribution < -0.4 is 0 Å². The van der Waals surface area contributed by atoms with E-state index < -0.39 is 41.1 Å². The summed E-state index contributed by atoms with van der Waals surface area (Å²) in [6.45, 7) is 15.6. The minimum atomic E-state index is -1.22. The van der Waals surface area contributed by atoms with E-state index in [1.54, 1.807) is 17.1 Å². The molecule has 3 fully saturated rings. The second-order valence-electron chi connectivity index (χ2n) is 11.7. The van der Waals surface area contributed by atoms with Crippen molar-refractivity contribution in [2.45, 2.75) is 82.7 Å². The number of nitrogens with zero attached hydrogens (tertiary/aromatic N) is 2. The number of fused-ring (bicyclic) bond motifs is 1. The molecular weight excluding hydrogens is 508 g/mol. The molecule has 0 aliphatic carbocycles. The van der Waals surface area contributed by atoms with Crippen LogP contribution in [0.1, 0.15) is 65.0 Å². The number of hydrogen-bond acceptors (Lipinski definition) is 6. The Morgan fingerprint density at radius 2 is 1.98 bits per heavy atom. The molecule has 3 aliphatic rings. The van der Waals surface area contributed by atoms with Crippen molar-refractivity contribution < 1.29 is 29.0 Å². The minimum Gasteiger partial charge on any atom is -0.465 e. The molecule has 4 rings (SSSR count). The molecule has 8 heteroatoms. The Morgan fingerprint density at radius 1 is 1.27 bits per heavy atom. The Hall–Kier alpha value is -2.97. The molecule has 3 heterocycles. The van der Waals surface area contributed by atoms with E-state index in [9.17, 15) is 19.5 Å². The third kappa shape index (κ3) is 4.69. The second-order valence-corrected chi connectivity index (χ2v) is 11.7. The van der Waals surface area contributed by atoms with E-state index >= 15 is 0 Å². The molecule has 2 bridgehead atoms. The molecule has 40 heavy (non-hydrogen) atoms. The van der Waals surface area contributed by atoms with Crippen LogP contribution in [0.3, 0.4) is 0 Å². The van der Waals surface area contributed by atoms with Gasteiger partial charge in [-0.3, -0.25) is 14.4 Å². The molecule has 8 atom stereocenters. The van der Waals surface area contributed by atoms with Gasteiger partial charge in [0.15, 0.2) is 0 Å². The molecule has 3 aliphatic heterocycles. The topological polar surface area (TPSA) is 96.4 Å². The van der Waals surface area contributed by atoms with Gasteiger partial charge in [0.2, 0.25) is 11.8 Å². The highest BCUT2D eigenvalue weighted by molar-refractivity contribution is 5.99. The summed E-state index contributed by atoms with van der Waals surface area (Å²) < 4.78 is 12.4. The van der Waals surface area contributed by atoms with Gasteiger partial charge in [-0.05, 0) is 44.6 Å². The number of aliphatic hydroxyl groups is 1. The van der Waals surface area contributed by atoms with Gasteiger partial charge in [-0.1, -0.05) is 62.8 Å². The predicted octanol–water partition coefficient (Wildman–Crippen LogP) is 4.05. The molecule has 3 saturated heterocycles. The zero-order valence-electron chi connectivity index (χ0n) is 24.3. The largest absolute Gasteiger partial charge is 0.465 e. The Balaban J connectivity index is 1.86. The highest BCUT2D eigenvalue weighted by Gasteiger charge is 2.81. The second kappa shape index (κ2) is 11.9. The summed E-state index contributed by atoms with van der Waals surface area (Å²) in [4.78, 5) is 46.1. The van der Waals surface area contributed by atoms with E-state index in [0.717, 1.165) is 12.8 Å². The average molecular weight is 553 g/mol. The van der Waals surface area contributed by atoms with Gasteiger partial charge < -0.3 is 24.4 Å². The van der Waals surface area contributed by atoms with Gasteiger partial charge in [0.05, 0.1) is 30.8 Å². The van der Waals surface area contributed by atoms with Gasteiger partial charge in [0, 0.05) is 12.6 Å². The first-order valence-corrected chi connectivity index (χ1v) is 14.5. The number of esters is 1. The van der Waals surface area contributed by atoms with E-state index in [0.29, 0.717) is 24.9 Å². The standard InChI is InChI=1S/C32H44N2O6/c1-7-10-18-39-30(38)26-25-28(36)34(24(20-35)23-15-12-11-13-16-23)27(32(25)19-21(4)31(26,6)40-32)29(37)33(17-9-3)22(5)14-8-2/h7,9,11-13,15-16,21-22,24-27,35H,1,3,8,10,14,17-20H2,2,4-6H3/t21?,22?,24-,25+,26+,27?,31-,32?/m1/s1. The molecule has 8 nitrogen and oxygen atoms in total. The normalized spacial score (nSPS) is 31.9. The van der Waals surface area contributed by atoms with Crippen LogP contribution in [-0.2, 0) is 23.9 Å². The average Bonchev–Trinajstić information content (AvgIpc) is 3.45. The lowest BCUT2D eigenvalue weighted by molar-refractivity contribution is -0.164. The molecule has 2 amide bonds. The van der Waals surface area contributed by atoms with Crippen molar-refractivity contribution in [3.63, 3.8) is 0 Å². The van der Waals surface area contributed by atoms with E-state index in [-0.39, 0.29) is 37.0 Å². The quantitative estimate of drug-likeness (QED) is 0.225. The smallest absolute Gasteiger partial charge is 0.312 e. The summed E-state index contributed by atoms with van der Waals surface area (Å²) in [5.74, 6) is -2.97. The maximum Gasteiger partial charge on any atom is 0.312 e. The van der Waals surface area contributed by atoms with E-state index in [1.807, 2.05) is 51.1 Å². The number of likely N-dealkylation sites (tertiary alicyclic amines) is 1. The molecule has 0 radical (unpaired) electrons. The third-order valence-electron chi connectivity index (χ3n) is 9.35. The van der Waals surface area contributed by atoms with Gasteiger partial charge in [-0.25, -0.2) is 0 Å². The molecule has 1 aromatic rings. The third-order valence-corrected chi connectivity index (χ3v) is 9.35. The molecule has 1 spiro atoms. The summed E-state index contributed by atoms with van der Waals surface area (Å²) in [6, 6.07) is 7.33. The molecular formula is C32H44N2O6. The van der Waals surface area contributed by atoms with Crippen molar-refractivity contribution in [3.05, 3.63) is 61.2 Å². The number of benzene rings is 1. The maximum absolute atomic E-state index is 14.7. The first kappa shape index (κ1) is 30.0. The number of carbonyl (C=O) groups is 3. The number of carbonyl (C=O) groups excluding carboxylic acids is 3. The van der Waals surface area contributed by atoms with Crippen LogP contribution in [0.25, 0.3) is 0 Å². The van der Waals surface area contributed by atoms with Crippen LogP contribution in [0.5, 0.6) is 0 Å². The predicted molar refractivity (Wildman–Crippen MR) is 152 cm³/mol. The summed E-state index contributed by atoms with van der Waals surface area (Å²) in [5.41, 5.74) is -1.48. The van der Waals surface area contributed by atoms with Gasteiger partial charge >= 0.3 is 5.97 Å². The van der Waals surface area contributed by atoms with Crippen LogP contribution in [0.15, 0.2) is 55.6 Å². The Morgan fingerprint density at radius 3 is 2.58 bits per heavy atom. The molecule has 0 saturated carbocycles. The van der Waals surface area contributed by atoms with Crippen molar-refractivity contribution in [3.8, 4) is 0 Å². The number of aliphatic hydroxyl groups excluding tert-OH is 1. The van der Waals surface area contributed by atoms with E-state index in [4.69, 9.17) is 9.47 Å². The fourth-order valence-electron chi connectivity index (χ4n) is 7.37. The van der Waals surface area contributed by atoms with Crippen molar-refractivity contribution in [1.29, 1.82) is 0 Å². The Bertz CT molecular complexity index is 1120. The highest BCUT2D eigenvalue weighted by Crippen LogP contribution is 2.66. The van der Waals surface area contributed by atoms with E-state index in [2.05, 4.69) is 20.1 Å². The molecule has 218 valence electrons. The number of hydrogen-bond donors (Lipinski definition) is 1. The minimum absolute atomic E-state index is 0.0986. The maximum atomic E-state index is 14.7. The summed E-state index contributed by atoms with van der Waals surface area (Å²) in [7, 11) is 0. The van der Waals surface area contributed by atoms with Crippen LogP contribution in [-0.4, -0.2) is 75.7 Å². The molecule has 0 aromatic heterocycles. The van der Waals surface area contributed by atoms with Crippen molar-refractivity contribution >= 4 is 17.8 Å². The number of amides is 2. The summed E-state index contributed by atoms with van der Waals surface area (Å²) in [6.07, 6.45) is 5.97. The molecule has 1 N–H and O–H groups in total. The van der Waals surface area contributed by atoms with Crippen LogP contribution in [0.2, 0.25) is 0 Å². The van der Waals surface area contributed by atoms with Gasteiger partial charge in [-0.2, -0.15) is 0 Å². The summed E-state index contributed by atoms with van der Waals surface area (Å²) >= 11 is 0. The van der Waals surface area contributed by atoms with Gasteiger partial charge in [0.1, 0.15) is 17.6 Å². The van der Waals surface area contributed by atoms with E-state index in [1.165, 1.54) is 4.90 Å². The zero-order valence-corrected chi connectivity index (χ0v) is 24.3. The lowest BCUT2D eigenvalue weighted by atomic mass is 9.62. The van der Waals surface area contributed by atoms with Crippen LogP contribution in [0, 0.1) is 17.8 Å². The molecule has 4 unspecified atom stereocenters. The lowest BCUT2D eigenvalue weighted by Gasteiger charge is -2.41. The first-order chi connectivity index (χ1) is 19.1. The first-order valence-electron chi connectivity index (χ1n) is 14.5. The fourth-order valence-corrected chi connectivity index (χ4v) is 7.37. The van der Waals surface area contributed by atoms with Crippen molar-refractivity contribution in [2.75, 3.05) is 19.8 Å². The SMILES string of the molecule is C=CCCOC(=O)[C@@H]1[C@H]2C(=O)N([C@H](CO)c3ccccc3)C(C(=O)N(CC=C)C(C)CCC)C23CC(C)[C@@]1(C)O3. The van der Waals surface area contributed by atoms with Crippen molar-refractivity contribution in [1.82, 2.24) is 9.80 Å².